The molecule has 0 aliphatic carbocycles. The minimum Gasteiger partial charge on any atom is -0.399 e. The maximum atomic E-state index is 5.68. The molecule has 0 saturated heterocycles. The molecule has 0 aliphatic heterocycles. The zero-order valence-corrected chi connectivity index (χ0v) is 11.6. The average molecular weight is 268 g/mol. The molecule has 0 bridgehead atoms. The Morgan fingerprint density at radius 2 is 1.89 bits per heavy atom. The van der Waals surface area contributed by atoms with Crippen molar-refractivity contribution in [2.45, 2.75) is 13.5 Å². The second-order valence-corrected chi connectivity index (χ2v) is 5.64. The van der Waals surface area contributed by atoms with Crippen molar-refractivity contribution in [2.24, 2.45) is 0 Å². The molecule has 3 N–H and O–H groups in total. The van der Waals surface area contributed by atoms with Gasteiger partial charge in [-0.15, -0.1) is 11.3 Å². The van der Waals surface area contributed by atoms with E-state index in [1.165, 1.54) is 26.9 Å². The molecule has 2 nitrogen and oxygen atoms in total. The lowest BCUT2D eigenvalue weighted by molar-refractivity contribution is 1.15. The summed E-state index contributed by atoms with van der Waals surface area (Å²) in [7, 11) is 0. The average Bonchev–Trinajstić information content (AvgIpc) is 2.87. The molecule has 0 amide bonds. The van der Waals surface area contributed by atoms with Crippen LogP contribution in [0.3, 0.4) is 0 Å². The molecule has 0 radical (unpaired) electrons. The second kappa shape index (κ2) is 4.94. The Kier molecular flexibility index (Phi) is 3.13. The Balaban J connectivity index is 1.79. The highest BCUT2D eigenvalue weighted by molar-refractivity contribution is 7.17. The first-order valence-electron chi connectivity index (χ1n) is 6.28. The van der Waals surface area contributed by atoms with Crippen molar-refractivity contribution in [1.82, 2.24) is 0 Å². The molecule has 2 aromatic carbocycles. The second-order valence-electron chi connectivity index (χ2n) is 4.73. The monoisotopic (exact) mass is 268 g/mol. The minimum absolute atomic E-state index is 0.805. The quantitative estimate of drug-likeness (QED) is 0.691. The summed E-state index contributed by atoms with van der Waals surface area (Å²) in [6.07, 6.45) is 0. The van der Waals surface area contributed by atoms with Crippen LogP contribution in [0, 0.1) is 6.92 Å². The van der Waals surface area contributed by atoms with Gasteiger partial charge < -0.3 is 11.1 Å². The number of hydrogen-bond acceptors (Lipinski definition) is 3. The molecule has 19 heavy (non-hydrogen) atoms. The number of rotatable bonds is 3. The standard InChI is InChI=1S/C16H16N2S/c1-11-8-15(9-13-6-7-19-16(11)13)18-10-12-2-4-14(17)5-3-12/h2-9,18H,10,17H2,1H3. The summed E-state index contributed by atoms with van der Waals surface area (Å²) in [5.74, 6) is 0. The lowest BCUT2D eigenvalue weighted by Crippen LogP contribution is -1.99. The highest BCUT2D eigenvalue weighted by Crippen LogP contribution is 2.28. The lowest BCUT2D eigenvalue weighted by Gasteiger charge is -2.08. The van der Waals surface area contributed by atoms with Gasteiger partial charge in [0.15, 0.2) is 0 Å². The van der Waals surface area contributed by atoms with Crippen LogP contribution in [-0.4, -0.2) is 0 Å². The fourth-order valence-corrected chi connectivity index (χ4v) is 3.06. The van der Waals surface area contributed by atoms with Gasteiger partial charge in [-0.2, -0.15) is 0 Å². The van der Waals surface area contributed by atoms with Crippen LogP contribution in [0.15, 0.2) is 47.8 Å². The van der Waals surface area contributed by atoms with Gasteiger partial charge in [0, 0.05) is 22.6 Å². The van der Waals surface area contributed by atoms with Crippen LogP contribution < -0.4 is 11.1 Å². The van der Waals surface area contributed by atoms with Crippen LogP contribution in [0.1, 0.15) is 11.1 Å². The van der Waals surface area contributed by atoms with E-state index >= 15 is 0 Å². The number of hydrogen-bond donors (Lipinski definition) is 2. The smallest absolute Gasteiger partial charge is 0.0400 e. The van der Waals surface area contributed by atoms with Crippen molar-refractivity contribution < 1.29 is 0 Å². The highest BCUT2D eigenvalue weighted by Gasteiger charge is 2.02. The van der Waals surface area contributed by atoms with E-state index in [0.29, 0.717) is 0 Å². The summed E-state index contributed by atoms with van der Waals surface area (Å²) >= 11 is 1.80. The zero-order valence-electron chi connectivity index (χ0n) is 10.8. The van der Waals surface area contributed by atoms with Crippen molar-refractivity contribution in [2.75, 3.05) is 11.1 Å². The summed E-state index contributed by atoms with van der Waals surface area (Å²) in [6, 6.07) is 14.6. The first-order valence-corrected chi connectivity index (χ1v) is 7.16. The van der Waals surface area contributed by atoms with Crippen molar-refractivity contribution in [3.63, 3.8) is 0 Å². The molecule has 0 spiro atoms. The summed E-state index contributed by atoms with van der Waals surface area (Å²) < 4.78 is 1.37. The van der Waals surface area contributed by atoms with Gasteiger partial charge in [0.05, 0.1) is 0 Å². The van der Waals surface area contributed by atoms with Crippen LogP contribution in [-0.2, 0) is 6.54 Å². The largest absolute Gasteiger partial charge is 0.399 e. The van der Waals surface area contributed by atoms with E-state index in [2.05, 4.69) is 48.0 Å². The van der Waals surface area contributed by atoms with E-state index in [9.17, 15) is 0 Å². The Bertz CT molecular complexity index is 698. The molecule has 1 aromatic heterocycles. The topological polar surface area (TPSA) is 38.0 Å². The predicted octanol–water partition coefficient (Wildman–Crippen LogP) is 4.40. The van der Waals surface area contributed by atoms with Gasteiger partial charge in [0.1, 0.15) is 0 Å². The van der Waals surface area contributed by atoms with Crippen LogP contribution in [0.25, 0.3) is 10.1 Å². The molecular formula is C16H16N2S. The Labute approximate surface area is 116 Å². The van der Waals surface area contributed by atoms with Gasteiger partial charge in [-0.25, -0.2) is 0 Å². The maximum absolute atomic E-state index is 5.68. The maximum Gasteiger partial charge on any atom is 0.0400 e. The van der Waals surface area contributed by atoms with Crippen molar-refractivity contribution >= 4 is 32.8 Å². The Morgan fingerprint density at radius 1 is 1.11 bits per heavy atom. The Hall–Kier alpha value is -2.00. The lowest BCUT2D eigenvalue weighted by atomic mass is 10.1. The fraction of sp³-hybridized carbons (Fsp3) is 0.125. The predicted molar refractivity (Wildman–Crippen MR) is 84.7 cm³/mol. The summed E-state index contributed by atoms with van der Waals surface area (Å²) in [6.45, 7) is 2.97. The summed E-state index contributed by atoms with van der Waals surface area (Å²) in [5, 5.41) is 6.92. The van der Waals surface area contributed by atoms with Crippen LogP contribution in [0.4, 0.5) is 11.4 Å². The number of fused-ring (bicyclic) bond motifs is 1. The van der Waals surface area contributed by atoms with Crippen molar-refractivity contribution in [3.05, 3.63) is 59.0 Å². The molecule has 1 heterocycles. The molecule has 0 saturated carbocycles. The number of aryl methyl sites for hydroxylation is 1. The molecule has 3 rings (SSSR count). The third-order valence-corrected chi connectivity index (χ3v) is 4.28. The van der Waals surface area contributed by atoms with Crippen molar-refractivity contribution in [1.29, 1.82) is 0 Å². The summed E-state index contributed by atoms with van der Waals surface area (Å²) in [5.41, 5.74) is 10.2. The third-order valence-electron chi connectivity index (χ3n) is 3.21. The SMILES string of the molecule is Cc1cc(NCc2ccc(N)cc2)cc2ccsc12. The van der Waals surface area contributed by atoms with Gasteiger partial charge in [-0.05, 0) is 59.1 Å². The van der Waals surface area contributed by atoms with Crippen LogP contribution in [0.5, 0.6) is 0 Å². The van der Waals surface area contributed by atoms with Gasteiger partial charge in [-0.3, -0.25) is 0 Å². The molecule has 96 valence electrons. The van der Waals surface area contributed by atoms with E-state index in [4.69, 9.17) is 5.73 Å². The molecule has 0 atom stereocenters. The first-order chi connectivity index (χ1) is 9.22. The number of nitrogens with one attached hydrogen (secondary N) is 1. The number of nitrogens with two attached hydrogens (primary N) is 1. The molecule has 0 fully saturated rings. The Morgan fingerprint density at radius 3 is 2.68 bits per heavy atom. The normalized spacial score (nSPS) is 10.8. The molecule has 0 unspecified atom stereocenters. The van der Waals surface area contributed by atoms with E-state index in [1.807, 2.05) is 12.1 Å². The van der Waals surface area contributed by atoms with E-state index in [-0.39, 0.29) is 0 Å². The van der Waals surface area contributed by atoms with Crippen molar-refractivity contribution in [3.8, 4) is 0 Å². The number of anilines is 2. The number of nitrogen functional groups attached to an aromatic ring is 1. The van der Waals surface area contributed by atoms with E-state index in [1.54, 1.807) is 11.3 Å². The van der Waals surface area contributed by atoms with Gasteiger partial charge in [0.2, 0.25) is 0 Å². The highest BCUT2D eigenvalue weighted by atomic mass is 32.1. The van der Waals surface area contributed by atoms with Crippen LogP contribution in [0.2, 0.25) is 0 Å². The van der Waals surface area contributed by atoms with E-state index in [0.717, 1.165) is 12.2 Å². The number of benzene rings is 2. The fourth-order valence-electron chi connectivity index (χ4n) is 2.20. The first kappa shape index (κ1) is 12.1. The molecular weight excluding hydrogens is 252 g/mol. The molecule has 3 aromatic rings. The third kappa shape index (κ3) is 2.56. The zero-order chi connectivity index (χ0) is 13.2. The number of thiophene rings is 1. The van der Waals surface area contributed by atoms with Gasteiger partial charge in [-0.1, -0.05) is 12.1 Å². The van der Waals surface area contributed by atoms with Crippen LogP contribution >= 0.6 is 11.3 Å². The van der Waals surface area contributed by atoms with Gasteiger partial charge in [0.25, 0.3) is 0 Å². The van der Waals surface area contributed by atoms with Gasteiger partial charge >= 0.3 is 0 Å². The minimum atomic E-state index is 0.805. The van der Waals surface area contributed by atoms with E-state index < -0.39 is 0 Å². The summed E-state index contributed by atoms with van der Waals surface area (Å²) in [4.78, 5) is 0. The molecule has 3 heteroatoms. The molecule has 0 aliphatic rings.